The Balaban J connectivity index is 1.61. The average molecular weight is 609 g/mol. The van der Waals surface area contributed by atoms with Crippen molar-refractivity contribution in [3.63, 3.8) is 0 Å². The topological polar surface area (TPSA) is 161 Å². The van der Waals surface area contributed by atoms with Gasteiger partial charge in [0.2, 0.25) is 17.2 Å². The van der Waals surface area contributed by atoms with Gasteiger partial charge in [0.25, 0.3) is 11.2 Å². The summed E-state index contributed by atoms with van der Waals surface area (Å²) in [6.07, 6.45) is 0.115. The minimum atomic E-state index is -2.06. The molecule has 1 N–H and O–H groups in total. The second-order valence-corrected chi connectivity index (χ2v) is 11.0. The minimum absolute atomic E-state index is 0.00749. The van der Waals surface area contributed by atoms with Crippen LogP contribution in [0.15, 0.2) is 51.2 Å². The molecule has 3 heterocycles. The number of hydrogen-bond acceptors (Lipinski definition) is 10. The number of carbonyl (C=O) groups excluding carboxylic acids is 2. The fourth-order valence-electron chi connectivity index (χ4n) is 6.31. The third-order valence-electron chi connectivity index (χ3n) is 8.51. The first-order valence-corrected chi connectivity index (χ1v) is 13.5. The molecular weight excluding hydrogens is 584 g/mol. The zero-order valence-corrected chi connectivity index (χ0v) is 24.4. The van der Waals surface area contributed by atoms with E-state index in [4.69, 9.17) is 25.8 Å². The van der Waals surface area contributed by atoms with Gasteiger partial charge < -0.3 is 19.5 Å². The predicted molar refractivity (Wildman–Crippen MR) is 154 cm³/mol. The zero-order valence-electron chi connectivity index (χ0n) is 23.6. The summed E-state index contributed by atoms with van der Waals surface area (Å²) in [5, 5.41) is 14.5. The molecule has 43 heavy (non-hydrogen) atoms. The van der Waals surface area contributed by atoms with Crippen molar-refractivity contribution in [1.29, 1.82) is 0 Å². The van der Waals surface area contributed by atoms with Crippen LogP contribution in [0.1, 0.15) is 40.7 Å². The summed E-state index contributed by atoms with van der Waals surface area (Å²) in [7, 11) is 5.55. The standard InChI is InChI=1S/C29H25ClN4O9/c1-12-10-15-19(24(35)29(12)25(36)20-16(41-4)11-17(42-5)22(30)23(20)43-29)18(13-6-8-14(9-7-13)34(39)40)21-26(31-15)32(2)28(38)33(3)27(21)37/h6-9,11-12,18,31H,10H2,1-5H3/t12-,18-,29+/m1/s1. The Hall–Kier alpha value is -4.91. The summed E-state index contributed by atoms with van der Waals surface area (Å²) >= 11 is 6.56. The molecule has 1 spiro atoms. The molecular formula is C29H25ClN4O9. The molecule has 3 aromatic rings. The number of non-ortho nitro benzene ring substituents is 1. The highest BCUT2D eigenvalue weighted by molar-refractivity contribution is 6.36. The third-order valence-corrected chi connectivity index (χ3v) is 8.87. The van der Waals surface area contributed by atoms with Crippen LogP contribution < -0.4 is 30.8 Å². The number of hydrogen-bond donors (Lipinski definition) is 1. The Kier molecular flexibility index (Phi) is 6.27. The molecule has 0 unspecified atom stereocenters. The molecule has 14 heteroatoms. The van der Waals surface area contributed by atoms with Crippen LogP contribution in [-0.4, -0.2) is 45.4 Å². The highest BCUT2D eigenvalue weighted by Gasteiger charge is 2.63. The van der Waals surface area contributed by atoms with Gasteiger partial charge in [0, 0.05) is 55.4 Å². The number of benzene rings is 2. The van der Waals surface area contributed by atoms with E-state index < -0.39 is 45.2 Å². The number of carbonyl (C=O) groups is 2. The van der Waals surface area contributed by atoms with E-state index >= 15 is 0 Å². The van der Waals surface area contributed by atoms with Gasteiger partial charge in [0.05, 0.1) is 24.7 Å². The number of methoxy groups -OCH3 is 2. The molecule has 0 fully saturated rings. The smallest absolute Gasteiger partial charge is 0.332 e. The van der Waals surface area contributed by atoms with Crippen molar-refractivity contribution in [2.75, 3.05) is 19.5 Å². The van der Waals surface area contributed by atoms with Crippen molar-refractivity contribution in [3.05, 3.63) is 94.3 Å². The molecule has 0 saturated heterocycles. The maximum absolute atomic E-state index is 14.8. The molecule has 6 rings (SSSR count). The number of allylic oxidation sites excluding steroid dienone is 1. The van der Waals surface area contributed by atoms with Crippen LogP contribution in [0.25, 0.3) is 0 Å². The van der Waals surface area contributed by atoms with Crippen molar-refractivity contribution < 1.29 is 28.7 Å². The lowest BCUT2D eigenvalue weighted by molar-refractivity contribution is -0.384. The lowest BCUT2D eigenvalue weighted by atomic mass is 9.66. The van der Waals surface area contributed by atoms with Crippen LogP contribution in [0, 0.1) is 16.0 Å². The first-order valence-electron chi connectivity index (χ1n) is 13.2. The molecule has 0 bridgehead atoms. The molecule has 0 radical (unpaired) electrons. The van der Waals surface area contributed by atoms with Gasteiger partial charge in [0.1, 0.15) is 27.9 Å². The van der Waals surface area contributed by atoms with Crippen molar-refractivity contribution in [3.8, 4) is 17.2 Å². The Morgan fingerprint density at radius 3 is 2.30 bits per heavy atom. The maximum atomic E-state index is 14.8. The molecule has 0 amide bonds. The number of fused-ring (bicyclic) bond motifs is 2. The van der Waals surface area contributed by atoms with Crippen LogP contribution in [-0.2, 0) is 18.9 Å². The van der Waals surface area contributed by atoms with Crippen molar-refractivity contribution in [1.82, 2.24) is 9.13 Å². The summed E-state index contributed by atoms with van der Waals surface area (Å²) in [6.45, 7) is 1.68. The number of ketones is 2. The number of anilines is 1. The molecule has 2 aromatic carbocycles. The van der Waals surface area contributed by atoms with E-state index in [2.05, 4.69) is 5.32 Å². The normalized spacial score (nSPS) is 22.0. The van der Waals surface area contributed by atoms with E-state index in [1.165, 1.54) is 63.2 Å². The van der Waals surface area contributed by atoms with Crippen LogP contribution in [0.3, 0.4) is 0 Å². The zero-order chi connectivity index (χ0) is 31.1. The first-order chi connectivity index (χ1) is 20.4. The lowest BCUT2D eigenvalue weighted by Gasteiger charge is -2.42. The van der Waals surface area contributed by atoms with Crippen LogP contribution in [0.2, 0.25) is 5.02 Å². The fraction of sp³-hybridized carbons (Fsp3) is 0.310. The van der Waals surface area contributed by atoms with Crippen LogP contribution in [0.5, 0.6) is 17.2 Å². The number of nitro benzene ring substituents is 1. The molecule has 0 saturated carbocycles. The largest absolute Gasteiger partial charge is 0.496 e. The number of nitrogens with one attached hydrogen (secondary N) is 1. The van der Waals surface area contributed by atoms with Gasteiger partial charge in [-0.2, -0.15) is 0 Å². The monoisotopic (exact) mass is 608 g/mol. The van der Waals surface area contributed by atoms with Crippen molar-refractivity contribution in [2.45, 2.75) is 24.9 Å². The van der Waals surface area contributed by atoms with Crippen molar-refractivity contribution >= 4 is 34.7 Å². The third kappa shape index (κ3) is 3.63. The SMILES string of the molecule is COc1cc(OC)c2c(c1Cl)O[C@@]1(C(=O)C3=C(C[C@H]1C)Nc1c(c(=O)n(C)c(=O)n1C)[C@@H]3c1ccc([N+](=O)[O-])cc1)C2=O. The van der Waals surface area contributed by atoms with Crippen LogP contribution in [0.4, 0.5) is 11.5 Å². The maximum Gasteiger partial charge on any atom is 0.332 e. The summed E-state index contributed by atoms with van der Waals surface area (Å²) < 4.78 is 19.2. The number of ether oxygens (including phenoxy) is 3. The van der Waals surface area contributed by atoms with Gasteiger partial charge >= 0.3 is 5.69 Å². The van der Waals surface area contributed by atoms with E-state index in [0.717, 1.165) is 4.57 Å². The molecule has 222 valence electrons. The van der Waals surface area contributed by atoms with Gasteiger partial charge in [-0.25, -0.2) is 4.79 Å². The van der Waals surface area contributed by atoms with Gasteiger partial charge in [-0.1, -0.05) is 30.7 Å². The molecule has 1 aromatic heterocycles. The van der Waals surface area contributed by atoms with Gasteiger partial charge in [0.15, 0.2) is 5.75 Å². The van der Waals surface area contributed by atoms with Gasteiger partial charge in [-0.05, 0) is 12.0 Å². The van der Waals surface area contributed by atoms with E-state index in [-0.39, 0.29) is 56.9 Å². The summed E-state index contributed by atoms with van der Waals surface area (Å²) in [6, 6.07) is 6.86. The first kappa shape index (κ1) is 28.2. The highest BCUT2D eigenvalue weighted by atomic mass is 35.5. The van der Waals surface area contributed by atoms with E-state index in [0.29, 0.717) is 11.3 Å². The number of Topliss-reactive ketones (excluding diaryl/α,β-unsaturated/α-hetero) is 2. The van der Waals surface area contributed by atoms with Gasteiger partial charge in [-0.15, -0.1) is 0 Å². The van der Waals surface area contributed by atoms with Crippen LogP contribution >= 0.6 is 11.6 Å². The number of nitro groups is 1. The summed E-state index contributed by atoms with van der Waals surface area (Å²) in [5.74, 6) is -2.78. The molecule has 3 aliphatic rings. The second kappa shape index (κ2) is 9.56. The Labute approximate surface area is 248 Å². The Morgan fingerprint density at radius 2 is 1.70 bits per heavy atom. The van der Waals surface area contributed by atoms with E-state index in [9.17, 15) is 29.3 Å². The number of halogens is 1. The number of rotatable bonds is 4. The highest BCUT2D eigenvalue weighted by Crippen LogP contribution is 2.56. The van der Waals surface area contributed by atoms with Gasteiger partial charge in [-0.3, -0.25) is 33.6 Å². The summed E-state index contributed by atoms with van der Waals surface area (Å²) in [4.78, 5) is 66.4. The number of aromatic nitrogens is 2. The lowest BCUT2D eigenvalue weighted by Crippen LogP contribution is -2.58. The predicted octanol–water partition coefficient (Wildman–Crippen LogP) is 3.10. The Bertz CT molecular complexity index is 1940. The molecule has 13 nitrogen and oxygen atoms in total. The fourth-order valence-corrected chi connectivity index (χ4v) is 6.58. The van der Waals surface area contributed by atoms with E-state index in [1.54, 1.807) is 6.92 Å². The number of nitrogens with zero attached hydrogens (tertiary/aromatic N) is 3. The quantitative estimate of drug-likeness (QED) is 0.265. The molecule has 1 aliphatic carbocycles. The van der Waals surface area contributed by atoms with E-state index in [1.807, 2.05) is 0 Å². The summed E-state index contributed by atoms with van der Waals surface area (Å²) in [5.41, 5.74) is -2.62. The second-order valence-electron chi connectivity index (χ2n) is 10.7. The minimum Gasteiger partial charge on any atom is -0.496 e. The molecule has 3 atom stereocenters. The van der Waals surface area contributed by atoms with Crippen molar-refractivity contribution in [2.24, 2.45) is 20.0 Å². The molecule has 2 aliphatic heterocycles. The average Bonchev–Trinajstić information content (AvgIpc) is 3.31. The Morgan fingerprint density at radius 1 is 1.05 bits per heavy atom.